The minimum atomic E-state index is -0.562. The van der Waals surface area contributed by atoms with Crippen LogP contribution in [-0.4, -0.2) is 22.5 Å². The van der Waals surface area contributed by atoms with E-state index in [-0.39, 0.29) is 17.0 Å². The van der Waals surface area contributed by atoms with E-state index in [9.17, 15) is 19.7 Å². The number of anilines is 1. The summed E-state index contributed by atoms with van der Waals surface area (Å²) >= 11 is 1.20. The van der Waals surface area contributed by atoms with Crippen molar-refractivity contribution in [2.24, 2.45) is 5.73 Å². The molecule has 23 heavy (non-hydrogen) atoms. The number of hydrogen-bond acceptors (Lipinski definition) is 5. The van der Waals surface area contributed by atoms with Crippen LogP contribution in [0.4, 0.5) is 11.4 Å². The van der Waals surface area contributed by atoms with Gasteiger partial charge in [-0.2, -0.15) is 0 Å². The number of nitrogens with two attached hydrogens (primary N) is 1. The van der Waals surface area contributed by atoms with Crippen LogP contribution in [0.25, 0.3) is 0 Å². The standard InChI is InChI=1S/C15H13N3O4S/c16-14(19)9-23-13-7-2-1-6-12(13)17-15(20)10-4-3-5-11(8-10)18(21)22/h1-8H,9H2,(H2,16,19)(H,17,20). The van der Waals surface area contributed by atoms with Crippen molar-refractivity contribution >= 4 is 35.0 Å². The summed E-state index contributed by atoms with van der Waals surface area (Å²) in [5, 5.41) is 13.4. The predicted molar refractivity (Wildman–Crippen MR) is 87.4 cm³/mol. The maximum absolute atomic E-state index is 12.2. The average molecular weight is 331 g/mol. The number of carbonyl (C=O) groups excluding carboxylic acids is 2. The van der Waals surface area contributed by atoms with Gasteiger partial charge in [0.2, 0.25) is 5.91 Å². The summed E-state index contributed by atoms with van der Waals surface area (Å²) in [5.74, 6) is -0.848. The van der Waals surface area contributed by atoms with Crippen molar-refractivity contribution in [1.29, 1.82) is 0 Å². The number of benzene rings is 2. The summed E-state index contributed by atoms with van der Waals surface area (Å²) in [6, 6.07) is 12.4. The molecule has 0 spiro atoms. The van der Waals surface area contributed by atoms with Crippen LogP contribution in [0.3, 0.4) is 0 Å². The molecular formula is C15H13N3O4S. The van der Waals surface area contributed by atoms with Gasteiger partial charge in [-0.3, -0.25) is 19.7 Å². The molecule has 0 aliphatic heterocycles. The molecule has 0 bridgehead atoms. The largest absolute Gasteiger partial charge is 0.369 e. The van der Waals surface area contributed by atoms with Gasteiger partial charge in [-0.15, -0.1) is 11.8 Å². The van der Waals surface area contributed by atoms with Gasteiger partial charge in [-0.1, -0.05) is 18.2 Å². The molecule has 0 aliphatic rings. The zero-order chi connectivity index (χ0) is 16.8. The lowest BCUT2D eigenvalue weighted by molar-refractivity contribution is -0.384. The van der Waals surface area contributed by atoms with Crippen LogP contribution in [0, 0.1) is 10.1 Å². The maximum atomic E-state index is 12.2. The summed E-state index contributed by atoms with van der Waals surface area (Å²) in [6.07, 6.45) is 0. The third-order valence-electron chi connectivity index (χ3n) is 2.82. The van der Waals surface area contributed by atoms with E-state index in [1.807, 2.05) is 0 Å². The Balaban J connectivity index is 2.18. The average Bonchev–Trinajstić information content (AvgIpc) is 2.54. The Kier molecular flexibility index (Phi) is 5.32. The number of amides is 2. The topological polar surface area (TPSA) is 115 Å². The van der Waals surface area contributed by atoms with E-state index in [0.29, 0.717) is 10.6 Å². The first-order valence-corrected chi connectivity index (χ1v) is 7.52. The SMILES string of the molecule is NC(=O)CSc1ccccc1NC(=O)c1cccc([N+](=O)[O-])c1. The lowest BCUT2D eigenvalue weighted by Gasteiger charge is -2.10. The molecule has 0 aliphatic carbocycles. The highest BCUT2D eigenvalue weighted by Gasteiger charge is 2.13. The third kappa shape index (κ3) is 4.55. The summed E-state index contributed by atoms with van der Waals surface area (Å²) in [7, 11) is 0. The number of thioether (sulfide) groups is 1. The zero-order valence-electron chi connectivity index (χ0n) is 11.9. The second kappa shape index (κ2) is 7.41. The Hall–Kier alpha value is -2.87. The highest BCUT2D eigenvalue weighted by Crippen LogP contribution is 2.27. The summed E-state index contributed by atoms with van der Waals surface area (Å²) in [6.45, 7) is 0. The van der Waals surface area contributed by atoms with Crippen molar-refractivity contribution in [2.75, 3.05) is 11.1 Å². The van der Waals surface area contributed by atoms with Crippen molar-refractivity contribution in [1.82, 2.24) is 0 Å². The van der Waals surface area contributed by atoms with Crippen LogP contribution in [-0.2, 0) is 4.79 Å². The van der Waals surface area contributed by atoms with E-state index in [2.05, 4.69) is 5.32 Å². The molecule has 8 heteroatoms. The normalized spacial score (nSPS) is 10.1. The first kappa shape index (κ1) is 16.5. The summed E-state index contributed by atoms with van der Waals surface area (Å²) in [4.78, 5) is 34.0. The Morgan fingerprint density at radius 3 is 2.61 bits per heavy atom. The van der Waals surface area contributed by atoms with Gasteiger partial charge < -0.3 is 11.1 Å². The molecule has 0 atom stereocenters. The number of nitro groups is 1. The molecular weight excluding hydrogens is 318 g/mol. The Labute approximate surface area is 136 Å². The van der Waals surface area contributed by atoms with Crippen molar-refractivity contribution in [3.8, 4) is 0 Å². The highest BCUT2D eigenvalue weighted by atomic mass is 32.2. The lowest BCUT2D eigenvalue weighted by Crippen LogP contribution is -2.14. The van der Waals surface area contributed by atoms with Gasteiger partial charge >= 0.3 is 0 Å². The number of hydrogen-bond donors (Lipinski definition) is 2. The Morgan fingerprint density at radius 1 is 1.17 bits per heavy atom. The number of nitrogens with one attached hydrogen (secondary N) is 1. The van der Waals surface area contributed by atoms with E-state index in [1.165, 1.54) is 36.0 Å². The van der Waals surface area contributed by atoms with E-state index < -0.39 is 16.7 Å². The quantitative estimate of drug-likeness (QED) is 0.479. The van der Waals surface area contributed by atoms with Crippen molar-refractivity contribution < 1.29 is 14.5 Å². The molecule has 2 aromatic carbocycles. The van der Waals surface area contributed by atoms with E-state index >= 15 is 0 Å². The number of primary amides is 1. The molecule has 118 valence electrons. The van der Waals surface area contributed by atoms with Crippen LogP contribution in [0.2, 0.25) is 0 Å². The zero-order valence-corrected chi connectivity index (χ0v) is 12.7. The van der Waals surface area contributed by atoms with E-state index in [0.717, 1.165) is 0 Å². The molecule has 2 aromatic rings. The fraction of sp³-hybridized carbons (Fsp3) is 0.0667. The molecule has 2 rings (SSSR count). The first-order chi connectivity index (χ1) is 11.0. The monoisotopic (exact) mass is 331 g/mol. The number of carbonyl (C=O) groups is 2. The molecule has 0 unspecified atom stereocenters. The predicted octanol–water partition coefficient (Wildman–Crippen LogP) is 2.42. The maximum Gasteiger partial charge on any atom is 0.270 e. The second-order valence-electron chi connectivity index (χ2n) is 4.51. The van der Waals surface area contributed by atoms with Crippen molar-refractivity contribution in [2.45, 2.75) is 4.90 Å². The van der Waals surface area contributed by atoms with Gasteiger partial charge in [0.15, 0.2) is 0 Å². The van der Waals surface area contributed by atoms with Crippen LogP contribution in [0.15, 0.2) is 53.4 Å². The number of nitrogens with zero attached hydrogens (tertiary/aromatic N) is 1. The van der Waals surface area contributed by atoms with Gasteiger partial charge in [0.25, 0.3) is 11.6 Å². The van der Waals surface area contributed by atoms with Crippen molar-refractivity contribution in [3.05, 3.63) is 64.2 Å². The van der Waals surface area contributed by atoms with Crippen LogP contribution in [0.1, 0.15) is 10.4 Å². The summed E-state index contributed by atoms with van der Waals surface area (Å²) in [5.41, 5.74) is 5.64. The van der Waals surface area contributed by atoms with E-state index in [4.69, 9.17) is 5.73 Å². The summed E-state index contributed by atoms with van der Waals surface area (Å²) < 4.78 is 0. The molecule has 3 N–H and O–H groups in total. The number of nitro benzene ring substituents is 1. The molecule has 2 amide bonds. The van der Waals surface area contributed by atoms with Crippen LogP contribution < -0.4 is 11.1 Å². The molecule has 7 nitrogen and oxygen atoms in total. The fourth-order valence-electron chi connectivity index (χ4n) is 1.80. The van der Waals surface area contributed by atoms with Crippen LogP contribution in [0.5, 0.6) is 0 Å². The molecule has 0 saturated carbocycles. The minimum Gasteiger partial charge on any atom is -0.369 e. The molecule has 0 saturated heterocycles. The lowest BCUT2D eigenvalue weighted by atomic mass is 10.2. The molecule has 0 fully saturated rings. The Morgan fingerprint density at radius 2 is 1.91 bits per heavy atom. The van der Waals surface area contributed by atoms with Gasteiger partial charge in [-0.25, -0.2) is 0 Å². The van der Waals surface area contributed by atoms with Gasteiger partial charge in [0.1, 0.15) is 0 Å². The molecule has 0 radical (unpaired) electrons. The van der Waals surface area contributed by atoms with E-state index in [1.54, 1.807) is 24.3 Å². The van der Waals surface area contributed by atoms with Crippen molar-refractivity contribution in [3.63, 3.8) is 0 Å². The molecule has 0 aromatic heterocycles. The fourth-order valence-corrected chi connectivity index (χ4v) is 2.55. The van der Waals surface area contributed by atoms with Gasteiger partial charge in [0.05, 0.1) is 16.4 Å². The smallest absolute Gasteiger partial charge is 0.270 e. The molecule has 0 heterocycles. The second-order valence-corrected chi connectivity index (χ2v) is 5.53. The Bertz CT molecular complexity index is 764. The number of non-ortho nitro benzene ring substituents is 1. The van der Waals surface area contributed by atoms with Gasteiger partial charge in [0, 0.05) is 22.6 Å². The number of rotatable bonds is 6. The minimum absolute atomic E-state index is 0.0870. The van der Waals surface area contributed by atoms with Crippen LogP contribution >= 0.6 is 11.8 Å². The first-order valence-electron chi connectivity index (χ1n) is 6.53. The highest BCUT2D eigenvalue weighted by molar-refractivity contribution is 8.00. The number of para-hydroxylation sites is 1. The third-order valence-corrected chi connectivity index (χ3v) is 3.92. The van der Waals surface area contributed by atoms with Gasteiger partial charge in [-0.05, 0) is 18.2 Å².